The summed E-state index contributed by atoms with van der Waals surface area (Å²) in [6, 6.07) is 12.6. The van der Waals surface area contributed by atoms with E-state index in [4.69, 9.17) is 4.74 Å². The van der Waals surface area contributed by atoms with Gasteiger partial charge in [-0.1, -0.05) is 43.0 Å². The second kappa shape index (κ2) is 6.05. The lowest BCUT2D eigenvalue weighted by molar-refractivity contribution is -0.129. The second-order valence-electron chi connectivity index (χ2n) is 4.41. The zero-order valence-corrected chi connectivity index (χ0v) is 11.5. The molecule has 4 heteroatoms. The Morgan fingerprint density at radius 3 is 2.38 bits per heavy atom. The molecular formula is C17H14O4. The first kappa shape index (κ1) is 14.5. The number of hydrogen-bond acceptors (Lipinski definition) is 3. The highest BCUT2D eigenvalue weighted by molar-refractivity contribution is 5.95. The minimum atomic E-state index is -1.15. The van der Waals surface area contributed by atoms with E-state index in [9.17, 15) is 14.7 Å². The van der Waals surface area contributed by atoms with Gasteiger partial charge in [-0.25, -0.2) is 9.59 Å². The average Bonchev–Trinajstić information content (AvgIpc) is 2.49. The maximum Gasteiger partial charge on any atom is 0.339 e. The molecule has 2 aromatic carbocycles. The van der Waals surface area contributed by atoms with Crippen molar-refractivity contribution in [2.45, 2.75) is 6.92 Å². The van der Waals surface area contributed by atoms with Crippen molar-refractivity contribution in [3.8, 4) is 16.9 Å². The Balaban J connectivity index is 2.61. The van der Waals surface area contributed by atoms with E-state index in [1.807, 2.05) is 30.3 Å². The van der Waals surface area contributed by atoms with Crippen molar-refractivity contribution in [1.82, 2.24) is 0 Å². The van der Waals surface area contributed by atoms with Crippen molar-refractivity contribution in [3.63, 3.8) is 0 Å². The average molecular weight is 282 g/mol. The summed E-state index contributed by atoms with van der Waals surface area (Å²) in [4.78, 5) is 22.7. The summed E-state index contributed by atoms with van der Waals surface area (Å²) in [6.07, 6.45) is 1.00. The van der Waals surface area contributed by atoms with Gasteiger partial charge in [0, 0.05) is 11.6 Å². The number of esters is 1. The number of carboxylic acid groups (broad SMARTS) is 1. The van der Waals surface area contributed by atoms with E-state index >= 15 is 0 Å². The van der Waals surface area contributed by atoms with E-state index in [0.29, 0.717) is 5.56 Å². The van der Waals surface area contributed by atoms with Crippen molar-refractivity contribution in [2.75, 3.05) is 0 Å². The number of hydrogen-bond donors (Lipinski definition) is 1. The van der Waals surface area contributed by atoms with Gasteiger partial charge in [0.05, 0.1) is 0 Å². The predicted molar refractivity (Wildman–Crippen MR) is 79.4 cm³/mol. The van der Waals surface area contributed by atoms with Gasteiger partial charge in [-0.3, -0.25) is 0 Å². The molecule has 0 unspecified atom stereocenters. The number of ether oxygens (including phenoxy) is 1. The van der Waals surface area contributed by atoms with Crippen LogP contribution in [0, 0.1) is 6.92 Å². The lowest BCUT2D eigenvalue weighted by atomic mass is 9.97. The summed E-state index contributed by atoms with van der Waals surface area (Å²) in [5, 5.41) is 9.22. The topological polar surface area (TPSA) is 63.6 Å². The van der Waals surface area contributed by atoms with Crippen LogP contribution < -0.4 is 4.74 Å². The van der Waals surface area contributed by atoms with Crippen molar-refractivity contribution in [1.29, 1.82) is 0 Å². The Morgan fingerprint density at radius 2 is 1.81 bits per heavy atom. The molecule has 4 nitrogen and oxygen atoms in total. The molecule has 1 N–H and O–H groups in total. The summed E-state index contributed by atoms with van der Waals surface area (Å²) >= 11 is 0. The maximum atomic E-state index is 11.4. The molecule has 0 aromatic heterocycles. The van der Waals surface area contributed by atoms with Gasteiger partial charge in [-0.2, -0.15) is 0 Å². The fourth-order valence-corrected chi connectivity index (χ4v) is 2.06. The molecular weight excluding hydrogens is 268 g/mol. The first-order valence-corrected chi connectivity index (χ1v) is 6.31. The third-order valence-corrected chi connectivity index (χ3v) is 3.09. The van der Waals surface area contributed by atoms with Gasteiger partial charge in [0.25, 0.3) is 0 Å². The van der Waals surface area contributed by atoms with Gasteiger partial charge in [0.15, 0.2) is 0 Å². The van der Waals surface area contributed by atoms with Crippen LogP contribution in [0.25, 0.3) is 11.1 Å². The van der Waals surface area contributed by atoms with Crippen LogP contribution in [0.1, 0.15) is 15.9 Å². The number of carbonyl (C=O) groups excluding carboxylic acids is 1. The molecule has 0 radical (unpaired) electrons. The number of carbonyl (C=O) groups is 2. The number of carboxylic acids is 1. The Morgan fingerprint density at radius 1 is 1.14 bits per heavy atom. The Kier molecular flexibility index (Phi) is 4.18. The summed E-state index contributed by atoms with van der Waals surface area (Å²) in [6.45, 7) is 5.04. The fraction of sp³-hybridized carbons (Fsp3) is 0.0588. The monoisotopic (exact) mass is 282 g/mol. The molecule has 0 atom stereocenters. The highest BCUT2D eigenvalue weighted by atomic mass is 16.5. The van der Waals surface area contributed by atoms with Gasteiger partial charge in [-0.15, -0.1) is 0 Å². The van der Waals surface area contributed by atoms with Crippen LogP contribution in [-0.2, 0) is 4.79 Å². The molecule has 106 valence electrons. The van der Waals surface area contributed by atoms with Crippen LogP contribution >= 0.6 is 0 Å². The van der Waals surface area contributed by atoms with Crippen molar-refractivity contribution >= 4 is 11.9 Å². The molecule has 0 aliphatic carbocycles. The Labute approximate surface area is 122 Å². The number of benzene rings is 2. The molecule has 0 saturated carbocycles. The SMILES string of the molecule is C=CC(=O)Oc1c(C(=O)O)ccc(-c2ccccc2)c1C. The molecule has 0 fully saturated rings. The highest BCUT2D eigenvalue weighted by Gasteiger charge is 2.19. The van der Waals surface area contributed by atoms with E-state index in [1.54, 1.807) is 13.0 Å². The van der Waals surface area contributed by atoms with Crippen LogP contribution in [0.4, 0.5) is 0 Å². The lowest BCUT2D eigenvalue weighted by Crippen LogP contribution is -2.10. The van der Waals surface area contributed by atoms with Gasteiger partial charge < -0.3 is 9.84 Å². The first-order chi connectivity index (χ1) is 10.0. The molecule has 0 aliphatic heterocycles. The Hall–Kier alpha value is -2.88. The van der Waals surface area contributed by atoms with Crippen LogP contribution in [-0.4, -0.2) is 17.0 Å². The summed E-state index contributed by atoms with van der Waals surface area (Å²) < 4.78 is 5.11. The third-order valence-electron chi connectivity index (χ3n) is 3.09. The molecule has 2 rings (SSSR count). The number of rotatable bonds is 4. The van der Waals surface area contributed by atoms with Crippen LogP contribution in [0.5, 0.6) is 5.75 Å². The summed E-state index contributed by atoms with van der Waals surface area (Å²) in [5.41, 5.74) is 2.27. The zero-order chi connectivity index (χ0) is 15.4. The molecule has 0 aliphatic rings. The summed E-state index contributed by atoms with van der Waals surface area (Å²) in [7, 11) is 0. The smallest absolute Gasteiger partial charge is 0.339 e. The van der Waals surface area contributed by atoms with E-state index in [-0.39, 0.29) is 11.3 Å². The largest absolute Gasteiger partial charge is 0.478 e. The fourth-order valence-electron chi connectivity index (χ4n) is 2.06. The molecule has 0 heterocycles. The third kappa shape index (κ3) is 3.00. The molecule has 0 amide bonds. The molecule has 0 bridgehead atoms. The van der Waals surface area contributed by atoms with Crippen LogP contribution in [0.2, 0.25) is 0 Å². The highest BCUT2D eigenvalue weighted by Crippen LogP contribution is 2.33. The van der Waals surface area contributed by atoms with Gasteiger partial charge in [0.2, 0.25) is 0 Å². The van der Waals surface area contributed by atoms with Gasteiger partial charge in [-0.05, 0) is 24.1 Å². The van der Waals surface area contributed by atoms with Gasteiger partial charge in [0.1, 0.15) is 11.3 Å². The van der Waals surface area contributed by atoms with E-state index in [0.717, 1.165) is 17.2 Å². The normalized spacial score (nSPS) is 9.95. The first-order valence-electron chi connectivity index (χ1n) is 6.31. The number of aromatic carboxylic acids is 1. The molecule has 0 spiro atoms. The lowest BCUT2D eigenvalue weighted by Gasteiger charge is -2.13. The van der Waals surface area contributed by atoms with Crippen LogP contribution in [0.3, 0.4) is 0 Å². The molecule has 2 aromatic rings. The zero-order valence-electron chi connectivity index (χ0n) is 11.5. The van der Waals surface area contributed by atoms with Crippen molar-refractivity contribution in [3.05, 3.63) is 66.2 Å². The van der Waals surface area contributed by atoms with Crippen molar-refractivity contribution in [2.24, 2.45) is 0 Å². The van der Waals surface area contributed by atoms with Crippen LogP contribution in [0.15, 0.2) is 55.1 Å². The Bertz CT molecular complexity index is 702. The van der Waals surface area contributed by atoms with E-state index in [1.165, 1.54) is 6.07 Å². The minimum absolute atomic E-state index is 0.0498. The van der Waals surface area contributed by atoms with Gasteiger partial charge >= 0.3 is 11.9 Å². The minimum Gasteiger partial charge on any atom is -0.478 e. The predicted octanol–water partition coefficient (Wildman–Crippen LogP) is 3.45. The standard InChI is InChI=1S/C17H14O4/c1-3-15(18)21-16-11(2)13(9-10-14(16)17(19)20)12-7-5-4-6-8-12/h3-10H,1H2,2H3,(H,19,20). The van der Waals surface area contributed by atoms with E-state index in [2.05, 4.69) is 6.58 Å². The quantitative estimate of drug-likeness (QED) is 0.530. The molecule has 21 heavy (non-hydrogen) atoms. The summed E-state index contributed by atoms with van der Waals surface area (Å²) in [5.74, 6) is -1.79. The second-order valence-corrected chi connectivity index (χ2v) is 4.41. The molecule has 0 saturated heterocycles. The van der Waals surface area contributed by atoms with E-state index < -0.39 is 11.9 Å². The maximum absolute atomic E-state index is 11.4. The van der Waals surface area contributed by atoms with Crippen molar-refractivity contribution < 1.29 is 19.4 Å².